The van der Waals surface area contributed by atoms with Crippen LogP contribution in [0.3, 0.4) is 0 Å². The van der Waals surface area contributed by atoms with E-state index < -0.39 is 0 Å². The number of anilines is 3. The van der Waals surface area contributed by atoms with E-state index in [-0.39, 0.29) is 5.96 Å². The van der Waals surface area contributed by atoms with Crippen molar-refractivity contribution >= 4 is 50.3 Å². The number of nitrogen functional groups attached to an aromatic ring is 1. The number of aromatic nitrogens is 2. The molecule has 7 N–H and O–H groups in total. The van der Waals surface area contributed by atoms with Gasteiger partial charge in [-0.3, -0.25) is 0 Å². The van der Waals surface area contributed by atoms with E-state index in [4.69, 9.17) is 17.2 Å². The number of hydrogen-bond donors (Lipinski definition) is 4. The van der Waals surface area contributed by atoms with Crippen molar-refractivity contribution in [3.05, 3.63) is 35.3 Å². The van der Waals surface area contributed by atoms with Gasteiger partial charge in [-0.25, -0.2) is 9.97 Å². The number of nitrogens with one attached hydrogen (secondary N) is 1. The topological polar surface area (TPSA) is 128 Å². The first-order valence-electron chi connectivity index (χ1n) is 6.67. The summed E-state index contributed by atoms with van der Waals surface area (Å²) in [5.41, 5.74) is 19.8. The molecule has 3 aromatic rings. The van der Waals surface area contributed by atoms with Gasteiger partial charge in [0.2, 0.25) is 5.13 Å². The van der Waals surface area contributed by atoms with Crippen molar-refractivity contribution < 1.29 is 0 Å². The Balaban J connectivity index is 1.83. The highest BCUT2D eigenvalue weighted by atomic mass is 32.1. The lowest BCUT2D eigenvalue weighted by Gasteiger charge is -2.02. The van der Waals surface area contributed by atoms with Gasteiger partial charge in [0.05, 0.1) is 16.3 Å². The molecule has 23 heavy (non-hydrogen) atoms. The molecule has 0 unspecified atom stereocenters. The summed E-state index contributed by atoms with van der Waals surface area (Å²) in [6, 6.07) is 7.49. The Labute approximate surface area is 140 Å². The summed E-state index contributed by atoms with van der Waals surface area (Å²) in [5, 5.41) is 6.54. The van der Waals surface area contributed by atoms with Crippen LogP contribution in [-0.2, 0) is 0 Å². The minimum Gasteiger partial charge on any atom is -0.399 e. The molecule has 9 heteroatoms. The van der Waals surface area contributed by atoms with E-state index in [1.54, 1.807) is 0 Å². The van der Waals surface area contributed by atoms with Crippen LogP contribution < -0.4 is 22.5 Å². The number of nitrogens with two attached hydrogens (primary N) is 3. The highest BCUT2D eigenvalue weighted by Crippen LogP contribution is 2.36. The first-order chi connectivity index (χ1) is 11.0. The molecule has 0 aliphatic rings. The molecule has 0 radical (unpaired) electrons. The molecular weight excluding hydrogens is 330 g/mol. The molecule has 0 fully saturated rings. The molecule has 2 aromatic heterocycles. The van der Waals surface area contributed by atoms with Gasteiger partial charge in [-0.15, -0.1) is 11.3 Å². The van der Waals surface area contributed by atoms with Crippen LogP contribution in [0.4, 0.5) is 21.6 Å². The Kier molecular flexibility index (Phi) is 4.13. The Bertz CT molecular complexity index is 844. The lowest BCUT2D eigenvalue weighted by Crippen LogP contribution is -2.21. The molecule has 7 nitrogen and oxygen atoms in total. The number of benzene rings is 1. The number of thiazole rings is 2. The third-order valence-electron chi connectivity index (χ3n) is 2.91. The van der Waals surface area contributed by atoms with Crippen molar-refractivity contribution in [2.45, 2.75) is 6.92 Å². The number of rotatable bonds is 4. The van der Waals surface area contributed by atoms with Crippen molar-refractivity contribution in [2.24, 2.45) is 16.5 Å². The van der Waals surface area contributed by atoms with Crippen molar-refractivity contribution in [1.82, 2.24) is 9.97 Å². The quantitative estimate of drug-likeness (QED) is 0.327. The largest absolute Gasteiger partial charge is 0.399 e. The average molecular weight is 345 g/mol. The highest BCUT2D eigenvalue weighted by Gasteiger charge is 2.13. The summed E-state index contributed by atoms with van der Waals surface area (Å²) in [6.07, 6.45) is 0. The van der Waals surface area contributed by atoms with Crippen molar-refractivity contribution in [1.29, 1.82) is 0 Å². The third kappa shape index (κ3) is 3.58. The number of aryl methyl sites for hydroxylation is 1. The summed E-state index contributed by atoms with van der Waals surface area (Å²) in [5.74, 6) is -0.00529. The molecule has 2 heterocycles. The molecule has 0 spiro atoms. The van der Waals surface area contributed by atoms with E-state index in [1.165, 1.54) is 22.7 Å². The predicted molar refractivity (Wildman–Crippen MR) is 97.6 cm³/mol. The minimum absolute atomic E-state index is 0.00529. The van der Waals surface area contributed by atoms with Crippen LogP contribution in [0.1, 0.15) is 5.69 Å². The van der Waals surface area contributed by atoms with Gasteiger partial charge in [-0.05, 0) is 31.2 Å². The van der Waals surface area contributed by atoms with E-state index in [0.29, 0.717) is 5.13 Å². The van der Waals surface area contributed by atoms with Gasteiger partial charge in [0.25, 0.3) is 0 Å². The fraction of sp³-hybridized carbons (Fsp3) is 0.0714. The summed E-state index contributed by atoms with van der Waals surface area (Å²) in [4.78, 5) is 13.8. The normalized spacial score (nSPS) is 10.5. The van der Waals surface area contributed by atoms with Gasteiger partial charge < -0.3 is 22.5 Å². The van der Waals surface area contributed by atoms with E-state index in [1.807, 2.05) is 36.6 Å². The van der Waals surface area contributed by atoms with Crippen LogP contribution in [0, 0.1) is 6.92 Å². The second kappa shape index (κ2) is 6.23. The third-order valence-corrected chi connectivity index (χ3v) is 4.74. The maximum Gasteiger partial charge on any atom is 0.213 e. The first kappa shape index (κ1) is 15.3. The lowest BCUT2D eigenvalue weighted by atomic mass is 10.3. The summed E-state index contributed by atoms with van der Waals surface area (Å²) < 4.78 is 0. The van der Waals surface area contributed by atoms with Crippen LogP contribution in [0.15, 0.2) is 34.6 Å². The smallest absolute Gasteiger partial charge is 0.213 e. The standard InChI is InChI=1S/C14H15N7S2/c1-7-11(23-14(18-7)21-12(16)17)10-6-22-13(20-10)19-9-4-2-8(15)3-5-9/h2-6H,15H2,1H3,(H,19,20)(H4,16,17,18,21). The summed E-state index contributed by atoms with van der Waals surface area (Å²) >= 11 is 2.92. The van der Waals surface area contributed by atoms with Crippen LogP contribution >= 0.6 is 22.7 Å². The lowest BCUT2D eigenvalue weighted by molar-refractivity contribution is 1.23. The van der Waals surface area contributed by atoms with Crippen LogP contribution in [0.2, 0.25) is 0 Å². The van der Waals surface area contributed by atoms with Gasteiger partial charge in [-0.2, -0.15) is 4.99 Å². The fourth-order valence-corrected chi connectivity index (χ4v) is 3.62. The zero-order chi connectivity index (χ0) is 16.4. The zero-order valence-corrected chi connectivity index (χ0v) is 13.9. The SMILES string of the molecule is Cc1nc(N=C(N)N)sc1-c1csc(Nc2ccc(N)cc2)n1. The number of hydrogen-bond acceptors (Lipinski definition) is 7. The van der Waals surface area contributed by atoms with Gasteiger partial charge in [0, 0.05) is 16.8 Å². The second-order valence-electron chi connectivity index (χ2n) is 4.73. The maximum absolute atomic E-state index is 5.68. The predicted octanol–water partition coefficient (Wildman–Crippen LogP) is 2.81. The Hall–Kier alpha value is -2.65. The van der Waals surface area contributed by atoms with E-state index in [9.17, 15) is 0 Å². The molecule has 0 saturated carbocycles. The molecule has 3 rings (SSSR count). The Morgan fingerprint density at radius 1 is 1.17 bits per heavy atom. The summed E-state index contributed by atoms with van der Waals surface area (Å²) in [7, 11) is 0. The van der Waals surface area contributed by atoms with Crippen molar-refractivity contribution in [3.63, 3.8) is 0 Å². The number of nitrogens with zero attached hydrogens (tertiary/aromatic N) is 3. The monoisotopic (exact) mass is 345 g/mol. The van der Waals surface area contributed by atoms with E-state index in [2.05, 4.69) is 20.3 Å². The van der Waals surface area contributed by atoms with Gasteiger partial charge in [-0.1, -0.05) is 11.3 Å². The molecule has 118 valence electrons. The highest BCUT2D eigenvalue weighted by molar-refractivity contribution is 7.19. The van der Waals surface area contributed by atoms with Gasteiger partial charge >= 0.3 is 0 Å². The Morgan fingerprint density at radius 2 is 1.91 bits per heavy atom. The molecule has 1 aromatic carbocycles. The second-order valence-corrected chi connectivity index (χ2v) is 6.57. The van der Waals surface area contributed by atoms with Gasteiger partial charge in [0.1, 0.15) is 0 Å². The van der Waals surface area contributed by atoms with Crippen LogP contribution in [-0.4, -0.2) is 15.9 Å². The molecule has 0 bridgehead atoms. The number of guanidine groups is 1. The van der Waals surface area contributed by atoms with E-state index in [0.717, 1.165) is 32.8 Å². The first-order valence-corrected chi connectivity index (χ1v) is 8.36. The van der Waals surface area contributed by atoms with Crippen molar-refractivity contribution in [2.75, 3.05) is 11.1 Å². The zero-order valence-electron chi connectivity index (χ0n) is 12.3. The molecule has 0 aliphatic heterocycles. The number of aliphatic imine (C=N–C) groups is 1. The van der Waals surface area contributed by atoms with Gasteiger partial charge in [0.15, 0.2) is 11.1 Å². The molecule has 0 atom stereocenters. The Morgan fingerprint density at radius 3 is 2.61 bits per heavy atom. The molecular formula is C14H15N7S2. The maximum atomic E-state index is 5.68. The fourth-order valence-electron chi connectivity index (χ4n) is 1.90. The van der Waals surface area contributed by atoms with E-state index >= 15 is 0 Å². The molecule has 0 aliphatic carbocycles. The van der Waals surface area contributed by atoms with Crippen LogP contribution in [0.25, 0.3) is 10.6 Å². The van der Waals surface area contributed by atoms with Crippen molar-refractivity contribution in [3.8, 4) is 10.6 Å². The molecule has 0 amide bonds. The minimum atomic E-state index is -0.00529. The summed E-state index contributed by atoms with van der Waals surface area (Å²) in [6.45, 7) is 1.91. The molecule has 0 saturated heterocycles. The van der Waals surface area contributed by atoms with Crippen LogP contribution in [0.5, 0.6) is 0 Å². The average Bonchev–Trinajstić information content (AvgIpc) is 3.07.